The van der Waals surface area contributed by atoms with Crippen LogP contribution >= 0.6 is 11.6 Å². The third-order valence-electron chi connectivity index (χ3n) is 2.84. The maximum Gasteiger partial charge on any atom is 0.335 e. The third kappa shape index (κ3) is 2.00. The molecule has 7 heteroatoms. The molecule has 3 rings (SSSR count). The second-order valence-corrected chi connectivity index (χ2v) is 4.52. The first-order valence-corrected chi connectivity index (χ1v) is 5.98. The minimum atomic E-state index is -1.04. The number of aromatic nitrogens is 3. The van der Waals surface area contributed by atoms with Gasteiger partial charge in [-0.1, -0.05) is 16.8 Å². The highest BCUT2D eigenvalue weighted by Crippen LogP contribution is 2.22. The van der Waals surface area contributed by atoms with Crippen molar-refractivity contribution in [1.29, 1.82) is 0 Å². The van der Waals surface area contributed by atoms with Gasteiger partial charge in [-0.15, -0.1) is 5.10 Å². The molecule has 0 spiro atoms. The van der Waals surface area contributed by atoms with Crippen LogP contribution in [0.25, 0.3) is 16.7 Å². The van der Waals surface area contributed by atoms with Gasteiger partial charge in [0.05, 0.1) is 21.8 Å². The minimum absolute atomic E-state index is 0.0201. The quantitative estimate of drug-likeness (QED) is 0.788. The summed E-state index contributed by atoms with van der Waals surface area (Å²) >= 11 is 5.73. The van der Waals surface area contributed by atoms with E-state index in [4.69, 9.17) is 16.7 Å². The standard InChI is InChI=1S/C13H7ClFN3O2/c14-9-6-8(2-3-10(9)15)18-12-4-1-7(13(19)20)5-11(12)16-17-18/h1-6H,(H,19,20). The summed E-state index contributed by atoms with van der Waals surface area (Å²) in [5.41, 5.74) is 1.71. The molecule has 1 heterocycles. The number of hydrogen-bond acceptors (Lipinski definition) is 3. The normalized spacial score (nSPS) is 10.9. The minimum Gasteiger partial charge on any atom is -0.478 e. The van der Waals surface area contributed by atoms with Gasteiger partial charge >= 0.3 is 5.97 Å². The Morgan fingerprint density at radius 3 is 2.75 bits per heavy atom. The molecule has 0 saturated heterocycles. The molecule has 0 bridgehead atoms. The Kier molecular flexibility index (Phi) is 2.87. The van der Waals surface area contributed by atoms with E-state index in [2.05, 4.69) is 10.3 Å². The molecule has 20 heavy (non-hydrogen) atoms. The first kappa shape index (κ1) is 12.6. The first-order valence-electron chi connectivity index (χ1n) is 5.60. The Bertz CT molecular complexity index is 832. The number of carboxylic acids is 1. The molecule has 1 N–H and O–H groups in total. The van der Waals surface area contributed by atoms with Gasteiger partial charge in [-0.25, -0.2) is 13.9 Å². The number of benzene rings is 2. The number of carboxylic acid groups (broad SMARTS) is 1. The Hall–Kier alpha value is -2.47. The maximum absolute atomic E-state index is 13.2. The van der Waals surface area contributed by atoms with Crippen LogP contribution in [0, 0.1) is 5.82 Å². The van der Waals surface area contributed by atoms with Gasteiger partial charge in [0.1, 0.15) is 11.3 Å². The van der Waals surface area contributed by atoms with E-state index in [1.165, 1.54) is 35.0 Å². The van der Waals surface area contributed by atoms with Crippen LogP contribution in [-0.2, 0) is 0 Å². The van der Waals surface area contributed by atoms with E-state index >= 15 is 0 Å². The predicted molar refractivity (Wildman–Crippen MR) is 70.8 cm³/mol. The SMILES string of the molecule is O=C(O)c1ccc2c(c1)nnn2-c1ccc(F)c(Cl)c1. The Morgan fingerprint density at radius 2 is 2.05 bits per heavy atom. The zero-order chi connectivity index (χ0) is 14.3. The lowest BCUT2D eigenvalue weighted by atomic mass is 10.2. The maximum atomic E-state index is 13.2. The lowest BCUT2D eigenvalue weighted by Crippen LogP contribution is -1.98. The number of carbonyl (C=O) groups is 1. The fraction of sp³-hybridized carbons (Fsp3) is 0. The van der Waals surface area contributed by atoms with Crippen LogP contribution in [0.15, 0.2) is 36.4 Å². The molecule has 0 aliphatic rings. The van der Waals surface area contributed by atoms with Gasteiger partial charge in [0.2, 0.25) is 0 Å². The lowest BCUT2D eigenvalue weighted by molar-refractivity contribution is 0.0697. The van der Waals surface area contributed by atoms with Gasteiger partial charge in [-0.05, 0) is 36.4 Å². The number of halogens is 2. The molecule has 0 atom stereocenters. The summed E-state index contributed by atoms with van der Waals surface area (Å²) in [7, 11) is 0. The second kappa shape index (κ2) is 4.57. The molecule has 0 aliphatic carbocycles. The Morgan fingerprint density at radius 1 is 1.25 bits per heavy atom. The van der Waals surface area contributed by atoms with Crippen LogP contribution in [0.3, 0.4) is 0 Å². The summed E-state index contributed by atoms with van der Waals surface area (Å²) in [6, 6.07) is 8.64. The topological polar surface area (TPSA) is 68.0 Å². The lowest BCUT2D eigenvalue weighted by Gasteiger charge is -2.03. The average Bonchev–Trinajstić information content (AvgIpc) is 2.84. The van der Waals surface area contributed by atoms with Crippen molar-refractivity contribution < 1.29 is 14.3 Å². The van der Waals surface area contributed by atoms with E-state index in [1.54, 1.807) is 6.07 Å². The molecule has 1 aromatic heterocycles. The second-order valence-electron chi connectivity index (χ2n) is 4.11. The number of hydrogen-bond donors (Lipinski definition) is 1. The molecule has 0 amide bonds. The van der Waals surface area contributed by atoms with Crippen molar-refractivity contribution in [1.82, 2.24) is 15.0 Å². The molecule has 5 nitrogen and oxygen atoms in total. The van der Waals surface area contributed by atoms with Crippen LogP contribution in [0.5, 0.6) is 0 Å². The van der Waals surface area contributed by atoms with Crippen molar-refractivity contribution >= 4 is 28.6 Å². The largest absolute Gasteiger partial charge is 0.478 e. The Labute approximate surface area is 117 Å². The molecule has 2 aromatic carbocycles. The van der Waals surface area contributed by atoms with Gasteiger partial charge in [-0.3, -0.25) is 0 Å². The average molecular weight is 292 g/mol. The fourth-order valence-corrected chi connectivity index (χ4v) is 2.04. The van der Waals surface area contributed by atoms with E-state index in [1.807, 2.05) is 0 Å². The van der Waals surface area contributed by atoms with E-state index < -0.39 is 11.8 Å². The molecule has 100 valence electrons. The van der Waals surface area contributed by atoms with Crippen molar-refractivity contribution in [2.24, 2.45) is 0 Å². The highest BCUT2D eigenvalue weighted by atomic mass is 35.5. The number of fused-ring (bicyclic) bond motifs is 1. The molecule has 0 fully saturated rings. The zero-order valence-corrected chi connectivity index (χ0v) is 10.7. The van der Waals surface area contributed by atoms with E-state index in [9.17, 15) is 9.18 Å². The molecule has 0 saturated carbocycles. The fourth-order valence-electron chi connectivity index (χ4n) is 1.86. The summed E-state index contributed by atoms with van der Waals surface area (Å²) in [5.74, 6) is -1.56. The summed E-state index contributed by atoms with van der Waals surface area (Å²) in [6.07, 6.45) is 0. The van der Waals surface area contributed by atoms with Crippen molar-refractivity contribution in [3.8, 4) is 5.69 Å². The van der Waals surface area contributed by atoms with Crippen LogP contribution in [0.4, 0.5) is 4.39 Å². The number of rotatable bonds is 2. The third-order valence-corrected chi connectivity index (χ3v) is 3.13. The first-order chi connectivity index (χ1) is 9.56. The van der Waals surface area contributed by atoms with Crippen molar-refractivity contribution in [2.75, 3.05) is 0 Å². The van der Waals surface area contributed by atoms with Gasteiger partial charge in [0, 0.05) is 0 Å². The van der Waals surface area contributed by atoms with Crippen molar-refractivity contribution in [2.45, 2.75) is 0 Å². The van der Waals surface area contributed by atoms with Crippen molar-refractivity contribution in [3.05, 3.63) is 52.8 Å². The molecule has 0 unspecified atom stereocenters. The monoisotopic (exact) mass is 291 g/mol. The summed E-state index contributed by atoms with van der Waals surface area (Å²) < 4.78 is 14.6. The van der Waals surface area contributed by atoms with E-state index in [-0.39, 0.29) is 10.6 Å². The van der Waals surface area contributed by atoms with Gasteiger partial charge in [0.25, 0.3) is 0 Å². The van der Waals surface area contributed by atoms with E-state index in [0.29, 0.717) is 16.7 Å². The highest BCUT2D eigenvalue weighted by Gasteiger charge is 2.11. The molecule has 0 radical (unpaired) electrons. The van der Waals surface area contributed by atoms with Crippen LogP contribution < -0.4 is 0 Å². The summed E-state index contributed by atoms with van der Waals surface area (Å²) in [5, 5.41) is 16.7. The highest BCUT2D eigenvalue weighted by molar-refractivity contribution is 6.30. The van der Waals surface area contributed by atoms with Crippen LogP contribution in [-0.4, -0.2) is 26.1 Å². The number of aromatic carboxylic acids is 1. The molecular formula is C13H7ClFN3O2. The van der Waals surface area contributed by atoms with E-state index in [0.717, 1.165) is 0 Å². The predicted octanol–water partition coefficient (Wildman–Crippen LogP) is 2.91. The molecule has 0 aliphatic heterocycles. The van der Waals surface area contributed by atoms with Crippen molar-refractivity contribution in [3.63, 3.8) is 0 Å². The molecular weight excluding hydrogens is 285 g/mol. The smallest absolute Gasteiger partial charge is 0.335 e. The van der Waals surface area contributed by atoms with Gasteiger partial charge in [-0.2, -0.15) is 0 Å². The Balaban J connectivity index is 2.17. The zero-order valence-electron chi connectivity index (χ0n) is 9.92. The van der Waals surface area contributed by atoms with Crippen LogP contribution in [0.2, 0.25) is 5.02 Å². The van der Waals surface area contributed by atoms with Crippen LogP contribution in [0.1, 0.15) is 10.4 Å². The number of nitrogens with zero attached hydrogens (tertiary/aromatic N) is 3. The van der Waals surface area contributed by atoms with Gasteiger partial charge < -0.3 is 5.11 Å². The summed E-state index contributed by atoms with van der Waals surface area (Å²) in [4.78, 5) is 10.9. The summed E-state index contributed by atoms with van der Waals surface area (Å²) in [6.45, 7) is 0. The van der Waals surface area contributed by atoms with Gasteiger partial charge in [0.15, 0.2) is 0 Å². The molecule has 3 aromatic rings.